The van der Waals surface area contributed by atoms with Gasteiger partial charge in [0.15, 0.2) is 0 Å². The molecule has 3 aliphatic heterocycles. The van der Waals surface area contributed by atoms with Crippen LogP contribution in [0.4, 0.5) is 27.0 Å². The van der Waals surface area contributed by atoms with Crippen molar-refractivity contribution in [3.05, 3.63) is 82.9 Å². The van der Waals surface area contributed by atoms with E-state index in [0.29, 0.717) is 42.0 Å². The first-order valence-corrected chi connectivity index (χ1v) is 13.4. The summed E-state index contributed by atoms with van der Waals surface area (Å²) in [6.45, 7) is 3.46. The van der Waals surface area contributed by atoms with E-state index in [1.165, 1.54) is 0 Å². The minimum absolute atomic E-state index is 0.0234. The molecule has 2 N–H and O–H groups in total. The van der Waals surface area contributed by atoms with Crippen LogP contribution in [0.1, 0.15) is 11.3 Å². The number of aromatic nitrogens is 2. The maximum absolute atomic E-state index is 12.6. The van der Waals surface area contributed by atoms with E-state index in [2.05, 4.69) is 27.7 Å². The maximum Gasteiger partial charge on any atom is 0.321 e. The molecule has 0 aliphatic carbocycles. The molecule has 3 saturated heterocycles. The van der Waals surface area contributed by atoms with Crippen molar-refractivity contribution in [2.75, 3.05) is 48.3 Å². The lowest BCUT2D eigenvalue weighted by Gasteiger charge is -2.59. The van der Waals surface area contributed by atoms with Crippen molar-refractivity contribution >= 4 is 52.5 Å². The molecule has 198 valence electrons. The molecule has 39 heavy (non-hydrogen) atoms. The van der Waals surface area contributed by atoms with Crippen molar-refractivity contribution in [2.24, 2.45) is 5.41 Å². The Morgan fingerprint density at radius 2 is 1.74 bits per heavy atom. The number of amides is 4. The molecule has 4 heterocycles. The van der Waals surface area contributed by atoms with E-state index in [4.69, 9.17) is 9.97 Å². The van der Waals surface area contributed by atoms with Crippen LogP contribution in [0.5, 0.6) is 0 Å². The normalized spacial score (nSPS) is 18.5. The minimum Gasteiger partial charge on any atom is -0.355 e. The van der Waals surface area contributed by atoms with Gasteiger partial charge in [-0.15, -0.1) is 0 Å². The summed E-state index contributed by atoms with van der Waals surface area (Å²) in [7, 11) is 1.96. The summed E-state index contributed by atoms with van der Waals surface area (Å²) in [6.07, 6.45) is 1.63. The van der Waals surface area contributed by atoms with Crippen molar-refractivity contribution < 1.29 is 14.4 Å². The lowest BCUT2D eigenvalue weighted by Crippen LogP contribution is -2.73. The van der Waals surface area contributed by atoms with Crippen LogP contribution in [0.3, 0.4) is 0 Å². The van der Waals surface area contributed by atoms with E-state index >= 15 is 0 Å². The van der Waals surface area contributed by atoms with E-state index in [9.17, 15) is 14.4 Å². The Labute approximate surface area is 230 Å². The lowest BCUT2D eigenvalue weighted by molar-refractivity contribution is -0.115. The van der Waals surface area contributed by atoms with Crippen LogP contribution in [-0.4, -0.2) is 65.3 Å². The number of nitrogens with zero attached hydrogens (tertiary/aromatic N) is 5. The average Bonchev–Trinajstić information content (AvgIpc) is 3.19. The summed E-state index contributed by atoms with van der Waals surface area (Å²) in [6, 6.07) is 21.3. The molecule has 2 aromatic carbocycles. The van der Waals surface area contributed by atoms with Gasteiger partial charge in [0.2, 0.25) is 5.95 Å². The van der Waals surface area contributed by atoms with Crippen LogP contribution < -0.4 is 20.4 Å². The molecule has 11 heteroatoms. The Morgan fingerprint density at radius 3 is 2.41 bits per heavy atom. The monoisotopic (exact) mass is 541 g/mol. The maximum atomic E-state index is 12.6. The van der Waals surface area contributed by atoms with E-state index in [1.807, 2.05) is 71.4 Å². The average molecular weight is 542 g/mol. The number of hydrogen-bond acceptors (Lipinski definition) is 8. The van der Waals surface area contributed by atoms with Gasteiger partial charge in [-0.25, -0.2) is 9.78 Å². The van der Waals surface area contributed by atoms with Crippen LogP contribution in [0.25, 0.3) is 6.08 Å². The standard InChI is InChI=1S/C28H27N7O3S/c1-33(14-19-8-4-2-5-9-19)23-13-21(12-22-24(36)32-27(38)39-22)29-25(31-23)34-15-28(16-34)17-35(18-28)26(37)30-20-10-6-3-7-11-20/h2-13H,14-18H2,1H3,(H,30,37)(H,32,36,38)/b22-12+. The second kappa shape index (κ2) is 10.1. The molecule has 4 amide bonds. The number of para-hydroxylation sites is 1. The fourth-order valence-corrected chi connectivity index (χ4v) is 5.75. The highest BCUT2D eigenvalue weighted by Crippen LogP contribution is 2.41. The molecule has 0 unspecified atom stereocenters. The van der Waals surface area contributed by atoms with Gasteiger partial charge < -0.3 is 20.0 Å². The molecule has 1 spiro atoms. The van der Waals surface area contributed by atoms with Gasteiger partial charge in [0.1, 0.15) is 5.82 Å². The molecule has 1 aromatic heterocycles. The third kappa shape index (κ3) is 5.30. The molecule has 0 radical (unpaired) electrons. The van der Waals surface area contributed by atoms with Gasteiger partial charge in [0, 0.05) is 56.9 Å². The van der Waals surface area contributed by atoms with E-state index < -0.39 is 11.1 Å². The predicted molar refractivity (Wildman–Crippen MR) is 151 cm³/mol. The Kier molecular flexibility index (Phi) is 6.43. The number of urea groups is 1. The molecule has 0 atom stereocenters. The molecular formula is C28H27N7O3S. The minimum atomic E-state index is -0.421. The first kappa shape index (κ1) is 24.9. The topological polar surface area (TPSA) is 111 Å². The molecular weight excluding hydrogens is 514 g/mol. The van der Waals surface area contributed by atoms with Crippen LogP contribution in [0.15, 0.2) is 71.6 Å². The summed E-state index contributed by atoms with van der Waals surface area (Å²) < 4.78 is 0. The van der Waals surface area contributed by atoms with E-state index in [-0.39, 0.29) is 11.4 Å². The molecule has 0 bridgehead atoms. The quantitative estimate of drug-likeness (QED) is 0.454. The summed E-state index contributed by atoms with van der Waals surface area (Å²) in [5.74, 6) is 0.853. The molecule has 10 nitrogen and oxygen atoms in total. The van der Waals surface area contributed by atoms with Gasteiger partial charge in [-0.1, -0.05) is 48.5 Å². The SMILES string of the molecule is CN(Cc1ccccc1)c1cc(/C=C2/SC(=O)NC2=O)nc(N2CC3(CN(C(=O)Nc4ccccc4)C3)C2)n1. The number of carbonyl (C=O) groups is 3. The molecule has 3 aliphatic rings. The van der Waals surface area contributed by atoms with Crippen molar-refractivity contribution in [1.82, 2.24) is 20.2 Å². The molecule has 3 aromatic rings. The fraction of sp³-hybridized carbons (Fsp3) is 0.250. The number of nitrogens with one attached hydrogen (secondary N) is 2. The van der Waals surface area contributed by atoms with Crippen LogP contribution in [0, 0.1) is 5.41 Å². The highest BCUT2D eigenvalue weighted by Gasteiger charge is 2.54. The number of thioether (sulfide) groups is 1. The Hall–Kier alpha value is -4.38. The number of rotatable bonds is 6. The Bertz CT molecular complexity index is 1450. The third-order valence-electron chi connectivity index (χ3n) is 7.00. The van der Waals surface area contributed by atoms with Crippen molar-refractivity contribution in [1.29, 1.82) is 0 Å². The summed E-state index contributed by atoms with van der Waals surface area (Å²) in [5.41, 5.74) is 2.50. The van der Waals surface area contributed by atoms with Crippen LogP contribution in [-0.2, 0) is 11.3 Å². The molecule has 3 fully saturated rings. The summed E-state index contributed by atoms with van der Waals surface area (Å²) in [4.78, 5) is 52.2. The fourth-order valence-electron chi connectivity index (χ4n) is 5.08. The molecule has 6 rings (SSSR count). The molecule has 0 saturated carbocycles. The Morgan fingerprint density at radius 1 is 1.05 bits per heavy atom. The van der Waals surface area contributed by atoms with Gasteiger partial charge in [0.05, 0.1) is 10.6 Å². The van der Waals surface area contributed by atoms with Gasteiger partial charge in [-0.05, 0) is 35.5 Å². The van der Waals surface area contributed by atoms with Gasteiger partial charge in [-0.2, -0.15) is 4.98 Å². The number of likely N-dealkylation sites (tertiary alicyclic amines) is 1. The largest absolute Gasteiger partial charge is 0.355 e. The Balaban J connectivity index is 1.17. The summed E-state index contributed by atoms with van der Waals surface area (Å²) >= 11 is 0.866. The first-order chi connectivity index (χ1) is 18.9. The number of benzene rings is 2. The van der Waals surface area contributed by atoms with E-state index in [1.54, 1.807) is 6.08 Å². The highest BCUT2D eigenvalue weighted by molar-refractivity contribution is 8.18. The second-order valence-electron chi connectivity index (χ2n) is 10.2. The zero-order valence-corrected chi connectivity index (χ0v) is 22.1. The third-order valence-corrected chi connectivity index (χ3v) is 7.81. The zero-order chi connectivity index (χ0) is 27.0. The highest BCUT2D eigenvalue weighted by atomic mass is 32.2. The zero-order valence-electron chi connectivity index (χ0n) is 21.3. The predicted octanol–water partition coefficient (Wildman–Crippen LogP) is 3.79. The van der Waals surface area contributed by atoms with Crippen molar-refractivity contribution in [2.45, 2.75) is 6.54 Å². The number of hydrogen-bond donors (Lipinski definition) is 2. The van der Waals surface area contributed by atoms with Gasteiger partial charge >= 0.3 is 6.03 Å². The number of imide groups is 1. The van der Waals surface area contributed by atoms with Crippen LogP contribution in [0.2, 0.25) is 0 Å². The van der Waals surface area contributed by atoms with Crippen molar-refractivity contribution in [3.8, 4) is 0 Å². The van der Waals surface area contributed by atoms with E-state index in [0.717, 1.165) is 36.1 Å². The van der Waals surface area contributed by atoms with Gasteiger partial charge in [-0.3, -0.25) is 14.9 Å². The number of carbonyl (C=O) groups excluding carboxylic acids is 3. The first-order valence-electron chi connectivity index (χ1n) is 12.6. The number of anilines is 3. The summed E-state index contributed by atoms with van der Waals surface area (Å²) in [5, 5.41) is 4.83. The second-order valence-corrected chi connectivity index (χ2v) is 11.2. The van der Waals surface area contributed by atoms with Crippen LogP contribution >= 0.6 is 11.8 Å². The smallest absolute Gasteiger partial charge is 0.321 e. The lowest BCUT2D eigenvalue weighted by atomic mass is 9.73. The van der Waals surface area contributed by atoms with Crippen molar-refractivity contribution in [3.63, 3.8) is 0 Å². The van der Waals surface area contributed by atoms with Gasteiger partial charge in [0.25, 0.3) is 11.1 Å².